The lowest BCUT2D eigenvalue weighted by Crippen LogP contribution is -2.42. The average Bonchev–Trinajstić information content (AvgIpc) is 2.59. The van der Waals surface area contributed by atoms with Crippen molar-refractivity contribution in [2.75, 3.05) is 34.3 Å². The Kier molecular flexibility index (Phi) is 20.0. The first-order valence-corrected chi connectivity index (χ1v) is 13.2. The summed E-state index contributed by atoms with van der Waals surface area (Å²) >= 11 is 0. The average molecular weight is 470 g/mol. The zero-order valence-electron chi connectivity index (χ0n) is 20.3. The number of carboxylic acid groups (broad SMARTS) is 1. The molecule has 0 aliphatic heterocycles. The van der Waals surface area contributed by atoms with Crippen LogP contribution in [0.15, 0.2) is 0 Å². The Morgan fingerprint density at radius 3 is 1.68 bits per heavy atom. The lowest BCUT2D eigenvalue weighted by Gasteiger charge is -2.29. The van der Waals surface area contributed by atoms with Gasteiger partial charge in [-0.2, -0.15) is 0 Å². The van der Waals surface area contributed by atoms with Crippen LogP contribution in [0, 0.1) is 0 Å². The van der Waals surface area contributed by atoms with Crippen LogP contribution in [0.25, 0.3) is 0 Å². The molecule has 9 heteroatoms. The second-order valence-corrected chi connectivity index (χ2v) is 10.7. The third kappa shape index (κ3) is 24.0. The summed E-state index contributed by atoms with van der Waals surface area (Å²) in [6, 6.07) is 0. The van der Waals surface area contributed by atoms with E-state index >= 15 is 0 Å². The molecule has 0 saturated carbocycles. The summed E-state index contributed by atoms with van der Waals surface area (Å²) in [7, 11) is 1.36. The fourth-order valence-electron chi connectivity index (χ4n) is 3.46. The highest BCUT2D eigenvalue weighted by molar-refractivity contribution is 7.47. The lowest BCUT2D eigenvalue weighted by molar-refractivity contribution is -0.873. The second kappa shape index (κ2) is 19.0. The molecule has 0 heterocycles. The van der Waals surface area contributed by atoms with E-state index in [1.54, 1.807) is 0 Å². The molecule has 0 aromatic carbocycles. The van der Waals surface area contributed by atoms with Crippen LogP contribution in [0.2, 0.25) is 0 Å². The number of quaternary nitrogens is 1. The highest BCUT2D eigenvalue weighted by Gasteiger charge is 2.31. The highest BCUT2D eigenvalue weighted by Crippen LogP contribution is 2.45. The fourth-order valence-corrected chi connectivity index (χ4v) is 4.40. The van der Waals surface area contributed by atoms with Gasteiger partial charge >= 0.3 is 13.8 Å². The molecular formula is C22H48NO7P. The number of carbonyl (C=O) groups is 1. The zero-order valence-corrected chi connectivity index (χ0v) is 21.2. The van der Waals surface area contributed by atoms with Gasteiger partial charge in [-0.3, -0.25) is 13.8 Å². The van der Waals surface area contributed by atoms with Crippen molar-refractivity contribution in [3.05, 3.63) is 0 Å². The molecule has 0 aromatic heterocycles. The molecule has 0 spiro atoms. The van der Waals surface area contributed by atoms with E-state index in [2.05, 4.69) is 6.92 Å². The Bertz CT molecular complexity index is 483. The van der Waals surface area contributed by atoms with Crippen LogP contribution in [0.4, 0.5) is 0 Å². The quantitative estimate of drug-likeness (QED) is 0.128. The minimum Gasteiger partial charge on any atom is -0.870 e. The number of carboxylic acids is 1. The van der Waals surface area contributed by atoms with Crippen LogP contribution in [0.1, 0.15) is 96.8 Å². The fraction of sp³-hybridized carbons (Fsp3) is 0.955. The van der Waals surface area contributed by atoms with Gasteiger partial charge in [0, 0.05) is 0 Å². The zero-order chi connectivity index (χ0) is 22.9. The number of hydrogen-bond donors (Lipinski definition) is 2. The minimum atomic E-state index is -4.25. The summed E-state index contributed by atoms with van der Waals surface area (Å²) in [5.74, 6) is -1.06. The van der Waals surface area contributed by atoms with E-state index in [1.165, 1.54) is 64.2 Å². The second-order valence-electron chi connectivity index (χ2n) is 9.34. The van der Waals surface area contributed by atoms with Gasteiger partial charge in [-0.05, 0) is 6.42 Å². The van der Waals surface area contributed by atoms with Gasteiger partial charge in [-0.15, -0.1) is 0 Å². The predicted octanol–water partition coefficient (Wildman–Crippen LogP) is 5.58. The Morgan fingerprint density at radius 1 is 0.871 bits per heavy atom. The van der Waals surface area contributed by atoms with Crippen LogP contribution >= 0.6 is 7.82 Å². The smallest absolute Gasteiger partial charge is 0.472 e. The maximum atomic E-state index is 12.1. The molecule has 3 N–H and O–H groups in total. The molecule has 0 bridgehead atoms. The topological polar surface area (TPSA) is 123 Å². The Morgan fingerprint density at radius 2 is 1.29 bits per heavy atom. The minimum absolute atomic E-state index is 0. The van der Waals surface area contributed by atoms with E-state index in [-0.39, 0.29) is 18.5 Å². The van der Waals surface area contributed by atoms with Crippen LogP contribution in [-0.4, -0.2) is 66.3 Å². The molecule has 1 unspecified atom stereocenters. The number of unbranched alkanes of at least 4 members (excludes halogenated alkanes) is 12. The molecule has 0 aromatic rings. The molecule has 0 fully saturated rings. The Labute approximate surface area is 189 Å². The first-order chi connectivity index (χ1) is 14.1. The maximum absolute atomic E-state index is 12.1. The van der Waals surface area contributed by atoms with Crippen molar-refractivity contribution >= 4 is 13.8 Å². The maximum Gasteiger partial charge on any atom is 0.472 e. The molecule has 0 rings (SSSR count). The van der Waals surface area contributed by atoms with Crippen LogP contribution in [0.3, 0.4) is 0 Å². The number of phosphoric acid groups is 1. The molecule has 0 aliphatic rings. The van der Waals surface area contributed by atoms with E-state index in [0.717, 1.165) is 12.8 Å². The van der Waals surface area contributed by atoms with Gasteiger partial charge in [-0.1, -0.05) is 84.0 Å². The molecular weight excluding hydrogens is 421 g/mol. The largest absolute Gasteiger partial charge is 0.870 e. The first kappa shape index (κ1) is 32.7. The number of aliphatic carboxylic acids is 1. The monoisotopic (exact) mass is 469 g/mol. The standard InChI is InChI=1S/C22H46NO6P.H2O/c1-5-6-7-8-9-10-11-12-13-14-15-16-17-18-28-30(26,27)29-21(19-22(24)25)20-23(2,3)4;/h21H,5-20H2,1-4H3,(H-,24,25,26,27);1H2/t21-;/m1./s1. The Hall–Kier alpha value is -0.500. The van der Waals surface area contributed by atoms with E-state index in [9.17, 15) is 14.3 Å². The van der Waals surface area contributed by atoms with Crippen molar-refractivity contribution in [1.82, 2.24) is 0 Å². The summed E-state index contributed by atoms with van der Waals surface area (Å²) in [6.07, 6.45) is 14.7. The third-order valence-electron chi connectivity index (χ3n) is 4.94. The molecule has 0 radical (unpaired) electrons. The molecule has 31 heavy (non-hydrogen) atoms. The normalized spacial score (nSPS) is 14.6. The van der Waals surface area contributed by atoms with Crippen molar-refractivity contribution in [1.29, 1.82) is 0 Å². The van der Waals surface area contributed by atoms with Gasteiger partial charge < -0.3 is 20.0 Å². The molecule has 0 amide bonds. The molecule has 2 atom stereocenters. The van der Waals surface area contributed by atoms with Crippen LogP contribution < -0.4 is 0 Å². The summed E-state index contributed by atoms with van der Waals surface area (Å²) in [4.78, 5) is 20.9. The number of hydrogen-bond acceptors (Lipinski definition) is 5. The van der Waals surface area contributed by atoms with Gasteiger partial charge in [-0.25, -0.2) is 4.57 Å². The van der Waals surface area contributed by atoms with E-state index in [0.29, 0.717) is 17.4 Å². The molecule has 0 aliphatic carbocycles. The van der Waals surface area contributed by atoms with Crippen LogP contribution in [-0.2, 0) is 18.4 Å². The van der Waals surface area contributed by atoms with Crippen molar-refractivity contribution < 1.29 is 38.4 Å². The van der Waals surface area contributed by atoms with E-state index < -0.39 is 19.9 Å². The third-order valence-corrected chi connectivity index (χ3v) is 6.01. The molecule has 0 saturated heterocycles. The first-order valence-electron chi connectivity index (χ1n) is 11.7. The van der Waals surface area contributed by atoms with Crippen molar-refractivity contribution in [2.24, 2.45) is 0 Å². The number of rotatable bonds is 21. The summed E-state index contributed by atoms with van der Waals surface area (Å²) in [5.41, 5.74) is 0. The van der Waals surface area contributed by atoms with Gasteiger partial charge in [0.15, 0.2) is 0 Å². The van der Waals surface area contributed by atoms with Crippen LogP contribution in [0.5, 0.6) is 0 Å². The SMILES string of the molecule is CCCCCCCCCCCCCCCOP(=O)(O)O[C@H](CC(=O)O)C[N+](C)(C)C.[OH-]. The van der Waals surface area contributed by atoms with Gasteiger partial charge in [0.25, 0.3) is 0 Å². The van der Waals surface area contributed by atoms with Gasteiger partial charge in [0.2, 0.25) is 0 Å². The Balaban J connectivity index is 0. The van der Waals surface area contributed by atoms with E-state index in [4.69, 9.17) is 14.2 Å². The van der Waals surface area contributed by atoms with Gasteiger partial charge in [0.1, 0.15) is 12.6 Å². The van der Waals surface area contributed by atoms with E-state index in [1.807, 2.05) is 21.1 Å². The summed E-state index contributed by atoms with van der Waals surface area (Å²) < 4.78 is 22.7. The summed E-state index contributed by atoms with van der Waals surface area (Å²) in [5, 5.41) is 8.99. The van der Waals surface area contributed by atoms with Crippen molar-refractivity contribution in [3.63, 3.8) is 0 Å². The highest BCUT2D eigenvalue weighted by atomic mass is 31.2. The number of nitrogens with zero attached hydrogens (tertiary/aromatic N) is 1. The molecule has 8 nitrogen and oxygen atoms in total. The lowest BCUT2D eigenvalue weighted by atomic mass is 10.0. The predicted molar refractivity (Wildman–Crippen MR) is 123 cm³/mol. The number of likely N-dealkylation sites (N-methyl/N-ethyl adjacent to an activating group) is 1. The van der Waals surface area contributed by atoms with Crippen molar-refractivity contribution in [2.45, 2.75) is 103 Å². The molecule has 188 valence electrons. The number of phosphoric ester groups is 1. The summed E-state index contributed by atoms with van der Waals surface area (Å²) in [6.45, 7) is 2.70. The van der Waals surface area contributed by atoms with Gasteiger partial charge in [0.05, 0.1) is 34.2 Å². The van der Waals surface area contributed by atoms with Crippen molar-refractivity contribution in [3.8, 4) is 0 Å².